The minimum Gasteiger partial charge on any atom is -0.366 e. The maximum atomic E-state index is 12.3. The van der Waals surface area contributed by atoms with E-state index >= 15 is 0 Å². The molecule has 2 nitrogen and oxygen atoms in total. The molecule has 16 heavy (non-hydrogen) atoms. The molecule has 8 heteroatoms. The van der Waals surface area contributed by atoms with Crippen molar-refractivity contribution in [2.24, 2.45) is 5.73 Å². The minimum atomic E-state index is -4.63. The summed E-state index contributed by atoms with van der Waals surface area (Å²) in [4.78, 5) is 10.7. The standard InChI is InChI=1S/C8H5ClF3NO.2ClH/c9-4-1-2-5(7(13)14)6(3-4)8(10,11)12;;/h1-3H,(H2,13,14);2*1H. The first-order valence-corrected chi connectivity index (χ1v) is 3.86. The molecule has 0 spiro atoms. The molecule has 1 aromatic carbocycles. The number of hydrogen-bond acceptors (Lipinski definition) is 1. The smallest absolute Gasteiger partial charge is 0.366 e. The number of hydrogen-bond donors (Lipinski definition) is 1. The van der Waals surface area contributed by atoms with Crippen LogP contribution < -0.4 is 5.73 Å². The van der Waals surface area contributed by atoms with E-state index in [1.54, 1.807) is 0 Å². The summed E-state index contributed by atoms with van der Waals surface area (Å²) in [6.45, 7) is 0. The van der Waals surface area contributed by atoms with Gasteiger partial charge in [0.1, 0.15) is 0 Å². The summed E-state index contributed by atoms with van der Waals surface area (Å²) >= 11 is 5.38. The molecule has 0 fully saturated rings. The largest absolute Gasteiger partial charge is 0.417 e. The summed E-state index contributed by atoms with van der Waals surface area (Å²) in [6, 6.07) is 2.80. The van der Waals surface area contributed by atoms with E-state index in [0.29, 0.717) is 6.07 Å². The third-order valence-electron chi connectivity index (χ3n) is 1.55. The topological polar surface area (TPSA) is 43.1 Å². The van der Waals surface area contributed by atoms with Crippen LogP contribution in [0.1, 0.15) is 15.9 Å². The highest BCUT2D eigenvalue weighted by atomic mass is 35.5. The lowest BCUT2D eigenvalue weighted by Gasteiger charge is -2.10. The van der Waals surface area contributed by atoms with Crippen molar-refractivity contribution in [3.8, 4) is 0 Å². The Morgan fingerprint density at radius 1 is 1.25 bits per heavy atom. The van der Waals surface area contributed by atoms with Crippen LogP contribution in [0.25, 0.3) is 0 Å². The number of nitrogens with two attached hydrogens (primary N) is 1. The Hall–Kier alpha value is -0.650. The zero-order chi connectivity index (χ0) is 10.9. The Kier molecular flexibility index (Phi) is 6.85. The molecule has 1 aromatic rings. The molecule has 0 aliphatic rings. The van der Waals surface area contributed by atoms with Crippen molar-refractivity contribution in [2.75, 3.05) is 0 Å². The molecule has 1 rings (SSSR count). The number of carbonyl (C=O) groups excluding carboxylic acids is 1. The third kappa shape index (κ3) is 4.08. The van der Waals surface area contributed by atoms with Gasteiger partial charge in [-0.05, 0) is 18.2 Å². The molecule has 0 atom stereocenters. The fourth-order valence-electron chi connectivity index (χ4n) is 0.966. The fraction of sp³-hybridized carbons (Fsp3) is 0.125. The Balaban J connectivity index is 0. The average Bonchev–Trinajstić information content (AvgIpc) is 2.01. The SMILES string of the molecule is Cl.Cl.NC(=O)c1ccc(Cl)cc1C(F)(F)F. The van der Waals surface area contributed by atoms with Crippen LogP contribution in [0.4, 0.5) is 13.2 Å². The Bertz CT molecular complexity index is 381. The zero-order valence-corrected chi connectivity index (χ0v) is 9.93. The normalized spacial score (nSPS) is 10.0. The number of halogens is 6. The van der Waals surface area contributed by atoms with Crippen LogP contribution in [-0.4, -0.2) is 5.91 Å². The summed E-state index contributed by atoms with van der Waals surface area (Å²) in [7, 11) is 0. The van der Waals surface area contributed by atoms with Gasteiger partial charge in [-0.15, -0.1) is 24.8 Å². The zero-order valence-electron chi connectivity index (χ0n) is 7.55. The second-order valence-electron chi connectivity index (χ2n) is 2.55. The summed E-state index contributed by atoms with van der Waals surface area (Å²) in [5.74, 6) is -1.13. The first-order valence-electron chi connectivity index (χ1n) is 3.49. The van der Waals surface area contributed by atoms with Gasteiger partial charge in [-0.2, -0.15) is 13.2 Å². The Morgan fingerprint density at radius 2 is 1.75 bits per heavy atom. The van der Waals surface area contributed by atoms with E-state index in [0.717, 1.165) is 6.07 Å². The molecule has 0 aliphatic heterocycles. The van der Waals surface area contributed by atoms with Crippen LogP contribution in [0.5, 0.6) is 0 Å². The van der Waals surface area contributed by atoms with Crippen LogP contribution in [0, 0.1) is 0 Å². The van der Waals surface area contributed by atoms with Crippen molar-refractivity contribution in [3.63, 3.8) is 0 Å². The molecule has 0 heterocycles. The van der Waals surface area contributed by atoms with Crippen molar-refractivity contribution in [1.82, 2.24) is 0 Å². The molecule has 0 aliphatic carbocycles. The first kappa shape index (κ1) is 17.7. The molecule has 0 saturated carbocycles. The van der Waals surface area contributed by atoms with Crippen LogP contribution in [0.15, 0.2) is 18.2 Å². The lowest BCUT2D eigenvalue weighted by Crippen LogP contribution is -2.18. The van der Waals surface area contributed by atoms with E-state index in [1.165, 1.54) is 6.07 Å². The van der Waals surface area contributed by atoms with Gasteiger partial charge >= 0.3 is 6.18 Å². The van der Waals surface area contributed by atoms with Gasteiger partial charge in [-0.3, -0.25) is 4.79 Å². The second kappa shape index (κ2) is 6.18. The lowest BCUT2D eigenvalue weighted by molar-refractivity contribution is -0.137. The highest BCUT2D eigenvalue weighted by Crippen LogP contribution is 2.33. The van der Waals surface area contributed by atoms with E-state index in [1.807, 2.05) is 0 Å². The molecule has 1 amide bonds. The quantitative estimate of drug-likeness (QED) is 0.849. The Morgan fingerprint density at radius 3 is 2.12 bits per heavy atom. The van der Waals surface area contributed by atoms with Crippen LogP contribution in [0.2, 0.25) is 5.02 Å². The maximum Gasteiger partial charge on any atom is 0.417 e. The fourth-order valence-corrected chi connectivity index (χ4v) is 1.14. The summed E-state index contributed by atoms with van der Waals surface area (Å²) in [5.41, 5.74) is 3.08. The predicted octanol–water partition coefficient (Wildman–Crippen LogP) is 3.30. The number of benzene rings is 1. The summed E-state index contributed by atoms with van der Waals surface area (Å²) in [5, 5.41) is -0.0951. The maximum absolute atomic E-state index is 12.3. The molecule has 0 saturated heterocycles. The van der Waals surface area contributed by atoms with Gasteiger partial charge in [-0.1, -0.05) is 11.6 Å². The number of primary amides is 1. The Labute approximate surface area is 107 Å². The van der Waals surface area contributed by atoms with Crippen LogP contribution in [-0.2, 0) is 6.18 Å². The third-order valence-corrected chi connectivity index (χ3v) is 1.79. The predicted molar refractivity (Wildman–Crippen MR) is 59.5 cm³/mol. The highest BCUT2D eigenvalue weighted by molar-refractivity contribution is 6.30. The molecule has 2 N–H and O–H groups in total. The van der Waals surface area contributed by atoms with Crippen molar-refractivity contribution in [1.29, 1.82) is 0 Å². The number of alkyl halides is 3. The molecule has 0 aromatic heterocycles. The van der Waals surface area contributed by atoms with Gasteiger partial charge in [0, 0.05) is 5.02 Å². The van der Waals surface area contributed by atoms with E-state index in [2.05, 4.69) is 0 Å². The van der Waals surface area contributed by atoms with E-state index in [4.69, 9.17) is 17.3 Å². The highest BCUT2D eigenvalue weighted by Gasteiger charge is 2.34. The minimum absolute atomic E-state index is 0. The monoisotopic (exact) mass is 295 g/mol. The number of carbonyl (C=O) groups is 1. The number of rotatable bonds is 1. The van der Waals surface area contributed by atoms with Gasteiger partial charge in [0.2, 0.25) is 5.91 Å². The van der Waals surface area contributed by atoms with Crippen molar-refractivity contribution < 1.29 is 18.0 Å². The van der Waals surface area contributed by atoms with Gasteiger partial charge in [-0.25, -0.2) is 0 Å². The molecular formula is C8H7Cl3F3NO. The second-order valence-corrected chi connectivity index (χ2v) is 2.99. The average molecular weight is 297 g/mol. The molecule has 92 valence electrons. The van der Waals surface area contributed by atoms with Gasteiger partial charge in [0.15, 0.2) is 0 Å². The summed E-state index contributed by atoms with van der Waals surface area (Å²) < 4.78 is 37.0. The van der Waals surface area contributed by atoms with Gasteiger partial charge < -0.3 is 5.73 Å². The van der Waals surface area contributed by atoms with Crippen molar-refractivity contribution in [3.05, 3.63) is 34.3 Å². The van der Waals surface area contributed by atoms with Crippen molar-refractivity contribution >= 4 is 42.3 Å². The lowest BCUT2D eigenvalue weighted by atomic mass is 10.1. The van der Waals surface area contributed by atoms with E-state index < -0.39 is 23.2 Å². The number of amides is 1. The van der Waals surface area contributed by atoms with E-state index in [9.17, 15) is 18.0 Å². The molecule has 0 bridgehead atoms. The molecule has 0 radical (unpaired) electrons. The van der Waals surface area contributed by atoms with E-state index in [-0.39, 0.29) is 29.8 Å². The van der Waals surface area contributed by atoms with Gasteiger partial charge in [0.25, 0.3) is 0 Å². The van der Waals surface area contributed by atoms with Crippen molar-refractivity contribution in [2.45, 2.75) is 6.18 Å². The molecule has 0 unspecified atom stereocenters. The first-order chi connectivity index (χ1) is 6.32. The molecular weight excluding hydrogens is 289 g/mol. The van der Waals surface area contributed by atoms with Gasteiger partial charge in [0.05, 0.1) is 11.1 Å². The summed E-state index contributed by atoms with van der Waals surface area (Å²) in [6.07, 6.45) is -4.63. The van der Waals surface area contributed by atoms with Crippen LogP contribution in [0.3, 0.4) is 0 Å². The van der Waals surface area contributed by atoms with Crippen LogP contribution >= 0.6 is 36.4 Å².